The zero-order valence-corrected chi connectivity index (χ0v) is 13.7. The van der Waals surface area contributed by atoms with Crippen molar-refractivity contribution in [2.75, 3.05) is 37.7 Å². The van der Waals surface area contributed by atoms with E-state index >= 15 is 0 Å². The van der Waals surface area contributed by atoms with Gasteiger partial charge in [-0.05, 0) is 25.0 Å². The molecule has 0 N–H and O–H groups in total. The molecule has 1 amide bonds. The molecule has 2 aromatic heterocycles. The standard InChI is InChI=1S/C17H18N4O4/c18-11-12-17(25-15(19-12)13-3-1-9-23-13)21-7-5-20(6-8-21)16(22)14-4-2-10-24-14/h1,3,9,14H,2,4-8,10H2/t14-/m1/s1. The average molecular weight is 342 g/mol. The first-order valence-electron chi connectivity index (χ1n) is 8.36. The second-order valence-corrected chi connectivity index (χ2v) is 6.08. The molecule has 2 aliphatic heterocycles. The maximum Gasteiger partial charge on any atom is 0.266 e. The number of carbonyl (C=O) groups excluding carboxylic acids is 1. The summed E-state index contributed by atoms with van der Waals surface area (Å²) in [6.07, 6.45) is 2.97. The van der Waals surface area contributed by atoms with Crippen molar-refractivity contribution in [2.45, 2.75) is 18.9 Å². The molecule has 2 aromatic rings. The second kappa shape index (κ2) is 6.61. The number of aromatic nitrogens is 1. The molecule has 4 rings (SSSR count). The van der Waals surface area contributed by atoms with Crippen LogP contribution >= 0.6 is 0 Å². The fourth-order valence-electron chi connectivity index (χ4n) is 3.21. The number of amides is 1. The molecule has 0 bridgehead atoms. The summed E-state index contributed by atoms with van der Waals surface area (Å²) in [5.41, 5.74) is 0.227. The predicted octanol–water partition coefficient (Wildman–Crippen LogP) is 1.63. The van der Waals surface area contributed by atoms with E-state index in [0.29, 0.717) is 44.4 Å². The number of nitriles is 1. The van der Waals surface area contributed by atoms with Crippen LogP contribution in [-0.2, 0) is 9.53 Å². The Balaban J connectivity index is 1.45. The Hall–Kier alpha value is -2.79. The lowest BCUT2D eigenvalue weighted by Crippen LogP contribution is -2.51. The summed E-state index contributed by atoms with van der Waals surface area (Å²) in [6.45, 7) is 2.97. The monoisotopic (exact) mass is 342 g/mol. The summed E-state index contributed by atoms with van der Waals surface area (Å²) in [5, 5.41) is 9.33. The van der Waals surface area contributed by atoms with Gasteiger partial charge >= 0.3 is 0 Å². The van der Waals surface area contributed by atoms with Crippen LogP contribution in [0.15, 0.2) is 27.2 Å². The zero-order valence-electron chi connectivity index (χ0n) is 13.7. The maximum atomic E-state index is 12.4. The van der Waals surface area contributed by atoms with E-state index in [0.717, 1.165) is 12.8 Å². The van der Waals surface area contributed by atoms with Gasteiger partial charge in [-0.2, -0.15) is 10.2 Å². The van der Waals surface area contributed by atoms with Gasteiger partial charge in [0.15, 0.2) is 5.76 Å². The van der Waals surface area contributed by atoms with Crippen LogP contribution in [0.1, 0.15) is 18.5 Å². The van der Waals surface area contributed by atoms with Gasteiger partial charge in [-0.15, -0.1) is 0 Å². The number of anilines is 1. The van der Waals surface area contributed by atoms with Gasteiger partial charge in [0.25, 0.3) is 11.8 Å². The topological polar surface area (TPSA) is 95.7 Å². The van der Waals surface area contributed by atoms with Crippen molar-refractivity contribution in [3.8, 4) is 17.7 Å². The van der Waals surface area contributed by atoms with Gasteiger partial charge in [-0.1, -0.05) is 0 Å². The summed E-state index contributed by atoms with van der Waals surface area (Å²) in [5.74, 6) is 1.26. The third kappa shape index (κ3) is 2.98. The smallest absolute Gasteiger partial charge is 0.266 e. The molecule has 4 heterocycles. The number of carbonyl (C=O) groups is 1. The van der Waals surface area contributed by atoms with Crippen molar-refractivity contribution in [3.63, 3.8) is 0 Å². The summed E-state index contributed by atoms with van der Waals surface area (Å²) in [7, 11) is 0. The Morgan fingerprint density at radius 2 is 2.16 bits per heavy atom. The normalized spacial score (nSPS) is 20.7. The highest BCUT2D eigenvalue weighted by molar-refractivity contribution is 5.81. The number of rotatable bonds is 3. The molecule has 0 aliphatic carbocycles. The number of piperazine rings is 1. The lowest BCUT2D eigenvalue weighted by molar-refractivity contribution is -0.141. The molecule has 0 aromatic carbocycles. The van der Waals surface area contributed by atoms with Crippen molar-refractivity contribution in [1.29, 1.82) is 5.26 Å². The second-order valence-electron chi connectivity index (χ2n) is 6.08. The Morgan fingerprint density at radius 1 is 1.32 bits per heavy atom. The number of ether oxygens (including phenoxy) is 1. The molecule has 2 aliphatic rings. The van der Waals surface area contributed by atoms with Gasteiger partial charge in [0, 0.05) is 32.8 Å². The Morgan fingerprint density at radius 3 is 2.80 bits per heavy atom. The van der Waals surface area contributed by atoms with E-state index < -0.39 is 0 Å². The zero-order chi connectivity index (χ0) is 17.2. The van der Waals surface area contributed by atoms with Crippen molar-refractivity contribution in [3.05, 3.63) is 24.1 Å². The van der Waals surface area contributed by atoms with E-state index in [-0.39, 0.29) is 23.6 Å². The van der Waals surface area contributed by atoms with Gasteiger partial charge in [-0.3, -0.25) is 4.79 Å². The number of oxazole rings is 1. The molecule has 2 saturated heterocycles. The minimum atomic E-state index is -0.294. The highest BCUT2D eigenvalue weighted by Crippen LogP contribution is 2.29. The van der Waals surface area contributed by atoms with Gasteiger partial charge in [0.2, 0.25) is 11.6 Å². The fourth-order valence-corrected chi connectivity index (χ4v) is 3.21. The first kappa shape index (κ1) is 15.7. The average Bonchev–Trinajstić information content (AvgIpc) is 3.42. The van der Waals surface area contributed by atoms with Crippen LogP contribution in [-0.4, -0.2) is 54.7 Å². The third-order valence-corrected chi connectivity index (χ3v) is 4.53. The van der Waals surface area contributed by atoms with E-state index in [4.69, 9.17) is 13.6 Å². The Bertz CT molecular complexity index is 778. The van der Waals surface area contributed by atoms with Crippen LogP contribution in [0.3, 0.4) is 0 Å². The van der Waals surface area contributed by atoms with E-state index in [1.54, 1.807) is 12.1 Å². The quantitative estimate of drug-likeness (QED) is 0.836. The third-order valence-electron chi connectivity index (χ3n) is 4.53. The van der Waals surface area contributed by atoms with E-state index in [1.165, 1.54) is 6.26 Å². The molecule has 1 atom stereocenters. The lowest BCUT2D eigenvalue weighted by Gasteiger charge is -2.35. The van der Waals surface area contributed by atoms with Gasteiger partial charge < -0.3 is 23.4 Å². The van der Waals surface area contributed by atoms with Crippen LogP contribution in [0.5, 0.6) is 0 Å². The van der Waals surface area contributed by atoms with E-state index in [2.05, 4.69) is 11.1 Å². The first-order valence-corrected chi connectivity index (χ1v) is 8.36. The molecular formula is C17H18N4O4. The first-order chi connectivity index (χ1) is 12.3. The minimum absolute atomic E-state index is 0.0616. The number of hydrogen-bond donors (Lipinski definition) is 0. The van der Waals surface area contributed by atoms with Gasteiger partial charge in [0.1, 0.15) is 12.2 Å². The van der Waals surface area contributed by atoms with Crippen molar-refractivity contribution >= 4 is 11.8 Å². The van der Waals surface area contributed by atoms with Crippen LogP contribution in [0.25, 0.3) is 11.7 Å². The van der Waals surface area contributed by atoms with Crippen LogP contribution in [0.2, 0.25) is 0 Å². The molecule has 0 spiro atoms. The largest absolute Gasteiger partial charge is 0.459 e. The summed E-state index contributed by atoms with van der Waals surface area (Å²) < 4.78 is 16.5. The maximum absolute atomic E-state index is 12.4. The molecule has 130 valence electrons. The van der Waals surface area contributed by atoms with Crippen molar-refractivity contribution < 1.29 is 18.4 Å². The Kier molecular flexibility index (Phi) is 4.15. The number of furan rings is 1. The van der Waals surface area contributed by atoms with Crippen molar-refractivity contribution in [1.82, 2.24) is 9.88 Å². The number of hydrogen-bond acceptors (Lipinski definition) is 7. The van der Waals surface area contributed by atoms with Gasteiger partial charge in [0.05, 0.1) is 6.26 Å². The van der Waals surface area contributed by atoms with E-state index in [9.17, 15) is 10.1 Å². The van der Waals surface area contributed by atoms with Crippen LogP contribution in [0, 0.1) is 11.3 Å². The SMILES string of the molecule is N#Cc1nc(-c2ccco2)oc1N1CCN(C(=O)[C@H]2CCCO2)CC1. The molecule has 2 fully saturated rings. The van der Waals surface area contributed by atoms with Crippen molar-refractivity contribution in [2.24, 2.45) is 0 Å². The van der Waals surface area contributed by atoms with Crippen LogP contribution < -0.4 is 4.90 Å². The summed E-state index contributed by atoms with van der Waals surface area (Å²) in [6, 6.07) is 5.53. The fraction of sp³-hybridized carbons (Fsp3) is 0.471. The predicted molar refractivity (Wildman–Crippen MR) is 86.7 cm³/mol. The van der Waals surface area contributed by atoms with Gasteiger partial charge in [-0.25, -0.2) is 0 Å². The van der Waals surface area contributed by atoms with E-state index in [1.807, 2.05) is 9.80 Å². The molecule has 8 nitrogen and oxygen atoms in total. The molecular weight excluding hydrogens is 324 g/mol. The summed E-state index contributed by atoms with van der Waals surface area (Å²) in [4.78, 5) is 20.4. The Labute approximate surface area is 144 Å². The number of nitrogens with zero attached hydrogens (tertiary/aromatic N) is 4. The minimum Gasteiger partial charge on any atom is -0.459 e. The highest BCUT2D eigenvalue weighted by atomic mass is 16.5. The highest BCUT2D eigenvalue weighted by Gasteiger charge is 2.32. The lowest BCUT2D eigenvalue weighted by atomic mass is 10.2. The molecule has 8 heteroatoms. The molecule has 25 heavy (non-hydrogen) atoms. The van der Waals surface area contributed by atoms with Crippen LogP contribution in [0.4, 0.5) is 5.88 Å². The molecule has 0 radical (unpaired) electrons. The summed E-state index contributed by atoms with van der Waals surface area (Å²) >= 11 is 0. The molecule has 0 saturated carbocycles. The molecule has 0 unspecified atom stereocenters.